The lowest BCUT2D eigenvalue weighted by atomic mass is 10.0. The van der Waals surface area contributed by atoms with E-state index in [1.165, 1.54) is 146 Å². The van der Waals surface area contributed by atoms with E-state index in [1.807, 2.05) is 0 Å². The Bertz CT molecular complexity index is 312. The Labute approximate surface area is 178 Å². The molecule has 0 radical (unpaired) electrons. The SMILES string of the molecule is CCCCCCCCCCCCCCCCCCCC[N+]1(CC)CCOCC1. The van der Waals surface area contributed by atoms with Gasteiger partial charge in [-0.3, -0.25) is 0 Å². The first-order valence-electron chi connectivity index (χ1n) is 13.3. The lowest BCUT2D eigenvalue weighted by Crippen LogP contribution is -2.55. The number of unbranched alkanes of at least 4 members (excludes halogenated alkanes) is 17. The molecule has 0 unspecified atom stereocenters. The fraction of sp³-hybridized carbons (Fsp3) is 1.00. The minimum atomic E-state index is 0.979. The monoisotopic (exact) mass is 396 g/mol. The molecule has 1 heterocycles. The molecule has 0 aromatic rings. The van der Waals surface area contributed by atoms with Gasteiger partial charge in [-0.2, -0.15) is 0 Å². The van der Waals surface area contributed by atoms with Crippen molar-refractivity contribution in [1.29, 1.82) is 0 Å². The molecule has 1 saturated heterocycles. The van der Waals surface area contributed by atoms with E-state index in [1.54, 1.807) is 0 Å². The maximum Gasteiger partial charge on any atom is 0.102 e. The number of hydrogen-bond donors (Lipinski definition) is 0. The van der Waals surface area contributed by atoms with Crippen molar-refractivity contribution in [2.24, 2.45) is 0 Å². The van der Waals surface area contributed by atoms with Crippen LogP contribution in [0.3, 0.4) is 0 Å². The molecular weight excluding hydrogens is 342 g/mol. The van der Waals surface area contributed by atoms with Gasteiger partial charge in [0.25, 0.3) is 0 Å². The maximum absolute atomic E-state index is 5.55. The summed E-state index contributed by atoms with van der Waals surface area (Å²) in [7, 11) is 0. The molecule has 0 atom stereocenters. The van der Waals surface area contributed by atoms with Crippen LogP contribution in [0.5, 0.6) is 0 Å². The minimum Gasteiger partial charge on any atom is -0.370 e. The van der Waals surface area contributed by atoms with Gasteiger partial charge in [0.15, 0.2) is 0 Å². The lowest BCUT2D eigenvalue weighted by molar-refractivity contribution is -0.933. The zero-order valence-electron chi connectivity index (χ0n) is 19.8. The lowest BCUT2D eigenvalue weighted by Gasteiger charge is -2.40. The summed E-state index contributed by atoms with van der Waals surface area (Å²) in [6.07, 6.45) is 26.3. The third-order valence-corrected chi connectivity index (χ3v) is 7.08. The van der Waals surface area contributed by atoms with E-state index in [9.17, 15) is 0 Å². The summed E-state index contributed by atoms with van der Waals surface area (Å²) in [5.74, 6) is 0. The van der Waals surface area contributed by atoms with Crippen molar-refractivity contribution in [3.63, 3.8) is 0 Å². The molecule has 0 bridgehead atoms. The topological polar surface area (TPSA) is 9.23 Å². The smallest absolute Gasteiger partial charge is 0.102 e. The summed E-state index contributed by atoms with van der Waals surface area (Å²) in [5, 5.41) is 0. The predicted molar refractivity (Wildman–Crippen MR) is 125 cm³/mol. The van der Waals surface area contributed by atoms with Crippen LogP contribution in [0.25, 0.3) is 0 Å². The number of likely N-dealkylation sites (N-methyl/N-ethyl adjacent to an activating group) is 1. The number of ether oxygens (including phenoxy) is 1. The van der Waals surface area contributed by atoms with Gasteiger partial charge in [0.1, 0.15) is 13.1 Å². The summed E-state index contributed by atoms with van der Waals surface area (Å²) in [4.78, 5) is 0. The average Bonchev–Trinajstić information content (AvgIpc) is 2.73. The molecule has 1 rings (SSSR count). The van der Waals surface area contributed by atoms with Crippen molar-refractivity contribution >= 4 is 0 Å². The van der Waals surface area contributed by atoms with Crippen LogP contribution in [0, 0.1) is 0 Å². The summed E-state index contributed by atoms with van der Waals surface area (Å²) >= 11 is 0. The van der Waals surface area contributed by atoms with Gasteiger partial charge in [0.2, 0.25) is 0 Å². The zero-order chi connectivity index (χ0) is 20.2. The standard InChI is InChI=1S/C26H54NO/c1-3-5-6-7-8-9-10-11-12-13-14-15-16-17-18-19-20-21-22-27(4-2)23-25-28-26-24-27/h3-26H2,1-2H3/q+1. The highest BCUT2D eigenvalue weighted by atomic mass is 16.5. The van der Waals surface area contributed by atoms with Crippen molar-refractivity contribution in [2.45, 2.75) is 129 Å². The molecule has 0 amide bonds. The van der Waals surface area contributed by atoms with Gasteiger partial charge in [-0.05, 0) is 19.8 Å². The molecular formula is C26H54NO+. The third kappa shape index (κ3) is 14.0. The summed E-state index contributed by atoms with van der Waals surface area (Å²) in [6.45, 7) is 11.8. The van der Waals surface area contributed by atoms with Gasteiger partial charge in [0, 0.05) is 0 Å². The number of rotatable bonds is 20. The van der Waals surface area contributed by atoms with E-state index in [2.05, 4.69) is 13.8 Å². The van der Waals surface area contributed by atoms with E-state index in [0.717, 1.165) is 13.2 Å². The molecule has 168 valence electrons. The Balaban J connectivity index is 1.74. The first kappa shape index (κ1) is 26.0. The van der Waals surface area contributed by atoms with Gasteiger partial charge in [-0.15, -0.1) is 0 Å². The van der Waals surface area contributed by atoms with Gasteiger partial charge >= 0.3 is 0 Å². The van der Waals surface area contributed by atoms with Crippen LogP contribution in [0.4, 0.5) is 0 Å². The largest absolute Gasteiger partial charge is 0.370 e. The Morgan fingerprint density at radius 3 is 1.21 bits per heavy atom. The second-order valence-electron chi connectivity index (χ2n) is 9.45. The molecule has 0 aromatic carbocycles. The fourth-order valence-corrected chi connectivity index (χ4v) is 4.78. The van der Waals surface area contributed by atoms with Crippen molar-refractivity contribution in [1.82, 2.24) is 0 Å². The second kappa shape index (κ2) is 18.9. The molecule has 0 saturated carbocycles. The van der Waals surface area contributed by atoms with Crippen LogP contribution < -0.4 is 0 Å². The van der Waals surface area contributed by atoms with E-state index in [4.69, 9.17) is 4.74 Å². The number of quaternary nitrogens is 1. The van der Waals surface area contributed by atoms with Crippen molar-refractivity contribution in [3.05, 3.63) is 0 Å². The molecule has 0 N–H and O–H groups in total. The Morgan fingerprint density at radius 1 is 0.500 bits per heavy atom. The number of hydrogen-bond acceptors (Lipinski definition) is 1. The van der Waals surface area contributed by atoms with Crippen LogP contribution in [0.15, 0.2) is 0 Å². The van der Waals surface area contributed by atoms with Gasteiger partial charge in [-0.1, -0.05) is 110 Å². The van der Waals surface area contributed by atoms with E-state index in [0.29, 0.717) is 0 Å². The van der Waals surface area contributed by atoms with Crippen LogP contribution in [0.2, 0.25) is 0 Å². The highest BCUT2D eigenvalue weighted by molar-refractivity contribution is 4.53. The predicted octanol–water partition coefficient (Wildman–Crippen LogP) is 7.90. The van der Waals surface area contributed by atoms with Gasteiger partial charge in [0.05, 0.1) is 26.3 Å². The second-order valence-corrected chi connectivity index (χ2v) is 9.45. The molecule has 28 heavy (non-hydrogen) atoms. The first-order chi connectivity index (χ1) is 13.8. The maximum atomic E-state index is 5.55. The van der Waals surface area contributed by atoms with Crippen LogP contribution in [-0.2, 0) is 4.74 Å². The minimum absolute atomic E-state index is 0.979. The van der Waals surface area contributed by atoms with Gasteiger partial charge in [-0.25, -0.2) is 0 Å². The fourth-order valence-electron chi connectivity index (χ4n) is 4.78. The molecule has 1 fully saturated rings. The van der Waals surface area contributed by atoms with Crippen LogP contribution in [-0.4, -0.2) is 43.9 Å². The molecule has 2 heteroatoms. The quantitative estimate of drug-likeness (QED) is 0.150. The summed E-state index contributed by atoms with van der Waals surface area (Å²) in [6, 6.07) is 0. The zero-order valence-corrected chi connectivity index (χ0v) is 19.8. The van der Waals surface area contributed by atoms with E-state index >= 15 is 0 Å². The number of nitrogens with zero attached hydrogens (tertiary/aromatic N) is 1. The van der Waals surface area contributed by atoms with Crippen LogP contribution in [0.1, 0.15) is 129 Å². The normalized spacial score (nSPS) is 16.5. The summed E-state index contributed by atoms with van der Waals surface area (Å²) in [5.41, 5.74) is 0. The van der Waals surface area contributed by atoms with Crippen molar-refractivity contribution in [2.75, 3.05) is 39.4 Å². The molecule has 0 aromatic heterocycles. The highest BCUT2D eigenvalue weighted by Gasteiger charge is 2.27. The molecule has 0 spiro atoms. The van der Waals surface area contributed by atoms with E-state index in [-0.39, 0.29) is 0 Å². The molecule has 0 aliphatic carbocycles. The van der Waals surface area contributed by atoms with Crippen molar-refractivity contribution in [3.8, 4) is 0 Å². The summed E-state index contributed by atoms with van der Waals surface area (Å²) < 4.78 is 6.87. The van der Waals surface area contributed by atoms with Crippen LogP contribution >= 0.6 is 0 Å². The molecule has 1 aliphatic heterocycles. The molecule has 2 nitrogen and oxygen atoms in total. The Hall–Kier alpha value is -0.0800. The Morgan fingerprint density at radius 2 is 0.857 bits per heavy atom. The third-order valence-electron chi connectivity index (χ3n) is 7.08. The first-order valence-corrected chi connectivity index (χ1v) is 13.3. The Kier molecular flexibility index (Phi) is 17.5. The highest BCUT2D eigenvalue weighted by Crippen LogP contribution is 2.16. The molecule has 1 aliphatic rings. The average molecular weight is 397 g/mol. The van der Waals surface area contributed by atoms with E-state index < -0.39 is 0 Å². The number of morpholine rings is 1. The van der Waals surface area contributed by atoms with Gasteiger partial charge < -0.3 is 9.22 Å². The van der Waals surface area contributed by atoms with Crippen molar-refractivity contribution < 1.29 is 9.22 Å².